The lowest BCUT2D eigenvalue weighted by Crippen LogP contribution is -1.99. The predicted octanol–water partition coefficient (Wildman–Crippen LogP) is 2.08. The van der Waals surface area contributed by atoms with Crippen LogP contribution in [0.3, 0.4) is 0 Å². The third-order valence-electron chi connectivity index (χ3n) is 2.20. The van der Waals surface area contributed by atoms with E-state index in [4.69, 9.17) is 21.1 Å². The fourth-order valence-corrected chi connectivity index (χ4v) is 1.64. The number of aromatic nitrogens is 2. The molecule has 94 valence electrons. The van der Waals surface area contributed by atoms with Crippen LogP contribution in [-0.4, -0.2) is 21.3 Å². The van der Waals surface area contributed by atoms with E-state index >= 15 is 0 Å². The number of hydrogen-bond donors (Lipinski definition) is 1. The zero-order valence-corrected chi connectivity index (χ0v) is 9.82. The first kappa shape index (κ1) is 12.5. The minimum atomic E-state index is -1.07. The zero-order valence-electron chi connectivity index (χ0n) is 9.06. The summed E-state index contributed by atoms with van der Waals surface area (Å²) in [4.78, 5) is 10.4. The van der Waals surface area contributed by atoms with Crippen LogP contribution in [-0.2, 0) is 17.6 Å². The number of hydrogen-bond acceptors (Lipinski definition) is 4. The maximum absolute atomic E-state index is 13.5. The summed E-state index contributed by atoms with van der Waals surface area (Å²) in [6.45, 7) is 0. The van der Waals surface area contributed by atoms with Crippen LogP contribution in [0.25, 0.3) is 0 Å². The van der Waals surface area contributed by atoms with Crippen molar-refractivity contribution in [2.75, 3.05) is 0 Å². The summed E-state index contributed by atoms with van der Waals surface area (Å²) in [5.74, 6) is -1.45. The summed E-state index contributed by atoms with van der Waals surface area (Å²) < 4.78 is 18.6. The van der Waals surface area contributed by atoms with Gasteiger partial charge in [-0.2, -0.15) is 0 Å². The van der Waals surface area contributed by atoms with Gasteiger partial charge < -0.3 is 9.52 Å². The van der Waals surface area contributed by atoms with Crippen molar-refractivity contribution >= 4 is 17.6 Å². The van der Waals surface area contributed by atoms with Gasteiger partial charge in [0, 0.05) is 10.6 Å². The van der Waals surface area contributed by atoms with E-state index in [1.54, 1.807) is 6.07 Å². The van der Waals surface area contributed by atoms with E-state index in [0.717, 1.165) is 0 Å². The van der Waals surface area contributed by atoms with Gasteiger partial charge in [0.1, 0.15) is 12.2 Å². The smallest absolute Gasteiger partial charge is 0.312 e. The third-order valence-corrected chi connectivity index (χ3v) is 2.55. The number of nitrogens with zero attached hydrogens (tertiary/aromatic N) is 2. The highest BCUT2D eigenvalue weighted by Gasteiger charge is 2.14. The Hall–Kier alpha value is -1.95. The van der Waals surface area contributed by atoms with Crippen LogP contribution < -0.4 is 0 Å². The van der Waals surface area contributed by atoms with Crippen LogP contribution in [0.2, 0.25) is 5.02 Å². The highest BCUT2D eigenvalue weighted by atomic mass is 35.5. The number of halogens is 2. The van der Waals surface area contributed by atoms with Crippen molar-refractivity contribution in [2.24, 2.45) is 0 Å². The van der Waals surface area contributed by atoms with E-state index in [1.165, 1.54) is 12.1 Å². The van der Waals surface area contributed by atoms with Gasteiger partial charge in [0.05, 0.1) is 6.42 Å². The molecule has 0 bridgehead atoms. The Morgan fingerprint density at radius 3 is 2.78 bits per heavy atom. The molecule has 7 heteroatoms. The van der Waals surface area contributed by atoms with Crippen LogP contribution in [0, 0.1) is 5.82 Å². The van der Waals surface area contributed by atoms with Crippen molar-refractivity contribution in [2.45, 2.75) is 12.8 Å². The van der Waals surface area contributed by atoms with E-state index in [9.17, 15) is 9.18 Å². The molecule has 0 saturated carbocycles. The average Bonchev–Trinajstić information content (AvgIpc) is 2.70. The largest absolute Gasteiger partial charge is 0.481 e. The van der Waals surface area contributed by atoms with Crippen LogP contribution in [0.5, 0.6) is 0 Å². The first-order chi connectivity index (χ1) is 8.56. The van der Waals surface area contributed by atoms with Gasteiger partial charge in [-0.05, 0) is 12.1 Å². The molecule has 5 nitrogen and oxygen atoms in total. The Labute approximate surface area is 106 Å². The molecule has 2 rings (SSSR count). The van der Waals surface area contributed by atoms with Gasteiger partial charge in [0.15, 0.2) is 0 Å². The lowest BCUT2D eigenvalue weighted by atomic mass is 10.1. The molecule has 0 amide bonds. The summed E-state index contributed by atoms with van der Waals surface area (Å²) in [7, 11) is 0. The molecule has 1 heterocycles. The third kappa shape index (κ3) is 2.84. The van der Waals surface area contributed by atoms with Crippen LogP contribution in [0.15, 0.2) is 22.6 Å². The summed E-state index contributed by atoms with van der Waals surface area (Å²) in [6, 6.07) is 4.31. The molecule has 0 unspecified atom stereocenters. The van der Waals surface area contributed by atoms with Gasteiger partial charge in [-0.1, -0.05) is 17.7 Å². The number of carboxylic acids is 1. The molecule has 0 aliphatic heterocycles. The van der Waals surface area contributed by atoms with Crippen molar-refractivity contribution in [1.29, 1.82) is 0 Å². The Morgan fingerprint density at radius 1 is 1.39 bits per heavy atom. The second kappa shape index (κ2) is 5.14. The van der Waals surface area contributed by atoms with Gasteiger partial charge in [-0.3, -0.25) is 4.79 Å². The molecular weight excluding hydrogens is 263 g/mol. The molecule has 1 N–H and O–H groups in total. The SMILES string of the molecule is O=C(O)Cc1nnc(Cc2c(F)cccc2Cl)o1. The fourth-order valence-electron chi connectivity index (χ4n) is 1.41. The summed E-state index contributed by atoms with van der Waals surface area (Å²) in [6.07, 6.45) is -0.337. The standard InChI is InChI=1S/C11H8ClFN2O3/c12-7-2-1-3-8(13)6(7)4-9-14-15-10(18-9)5-11(16)17/h1-3H,4-5H2,(H,16,17). The average molecular weight is 271 g/mol. The minimum Gasteiger partial charge on any atom is -0.481 e. The maximum atomic E-state index is 13.5. The van der Waals surface area contributed by atoms with Crippen molar-refractivity contribution < 1.29 is 18.7 Å². The van der Waals surface area contributed by atoms with Crippen LogP contribution in [0.1, 0.15) is 17.3 Å². The topological polar surface area (TPSA) is 76.2 Å². The molecule has 0 saturated heterocycles. The fraction of sp³-hybridized carbons (Fsp3) is 0.182. The normalized spacial score (nSPS) is 10.6. The zero-order chi connectivity index (χ0) is 13.1. The molecule has 2 aromatic rings. The molecule has 0 spiro atoms. The van der Waals surface area contributed by atoms with Crippen molar-refractivity contribution in [3.8, 4) is 0 Å². The molecule has 0 atom stereocenters. The van der Waals surface area contributed by atoms with Gasteiger partial charge in [-0.25, -0.2) is 4.39 Å². The summed E-state index contributed by atoms with van der Waals surface area (Å²) in [5, 5.41) is 16.0. The van der Waals surface area contributed by atoms with Crippen molar-refractivity contribution in [3.05, 3.63) is 46.4 Å². The van der Waals surface area contributed by atoms with E-state index in [1.807, 2.05) is 0 Å². The summed E-state index contributed by atoms with van der Waals surface area (Å²) in [5.41, 5.74) is 0.240. The molecule has 18 heavy (non-hydrogen) atoms. The van der Waals surface area contributed by atoms with Crippen LogP contribution >= 0.6 is 11.6 Å². The Morgan fingerprint density at radius 2 is 2.11 bits per heavy atom. The quantitative estimate of drug-likeness (QED) is 0.920. The Balaban J connectivity index is 2.19. The monoisotopic (exact) mass is 270 g/mol. The van der Waals surface area contributed by atoms with E-state index in [0.29, 0.717) is 0 Å². The van der Waals surface area contributed by atoms with Gasteiger partial charge in [-0.15, -0.1) is 10.2 Å². The maximum Gasteiger partial charge on any atom is 0.312 e. The summed E-state index contributed by atoms with van der Waals surface area (Å²) >= 11 is 5.85. The van der Waals surface area contributed by atoms with Crippen LogP contribution in [0.4, 0.5) is 4.39 Å². The molecule has 1 aromatic heterocycles. The Bertz CT molecular complexity index is 565. The van der Waals surface area contributed by atoms with Gasteiger partial charge in [0.2, 0.25) is 11.8 Å². The number of benzene rings is 1. The second-order valence-electron chi connectivity index (χ2n) is 3.54. The molecule has 1 aromatic carbocycles. The highest BCUT2D eigenvalue weighted by molar-refractivity contribution is 6.31. The van der Waals surface area contributed by atoms with E-state index in [-0.39, 0.29) is 35.2 Å². The second-order valence-corrected chi connectivity index (χ2v) is 3.94. The molecular formula is C11H8ClFN2O3. The number of rotatable bonds is 4. The molecule has 0 aliphatic rings. The highest BCUT2D eigenvalue weighted by Crippen LogP contribution is 2.21. The Kier molecular flexibility index (Phi) is 3.57. The van der Waals surface area contributed by atoms with Gasteiger partial charge >= 0.3 is 5.97 Å². The van der Waals surface area contributed by atoms with Crippen molar-refractivity contribution in [3.63, 3.8) is 0 Å². The first-order valence-corrected chi connectivity index (χ1v) is 5.40. The van der Waals surface area contributed by atoms with E-state index < -0.39 is 11.8 Å². The number of carbonyl (C=O) groups is 1. The molecule has 0 aliphatic carbocycles. The lowest BCUT2D eigenvalue weighted by molar-refractivity contribution is -0.136. The number of carboxylic acid groups (broad SMARTS) is 1. The lowest BCUT2D eigenvalue weighted by Gasteiger charge is -2.01. The first-order valence-electron chi connectivity index (χ1n) is 5.02. The minimum absolute atomic E-state index is 0.0232. The number of aliphatic carboxylic acids is 1. The van der Waals surface area contributed by atoms with E-state index in [2.05, 4.69) is 10.2 Å². The predicted molar refractivity (Wildman–Crippen MR) is 59.9 cm³/mol. The van der Waals surface area contributed by atoms with Crippen molar-refractivity contribution in [1.82, 2.24) is 10.2 Å². The molecule has 0 fully saturated rings. The molecule has 0 radical (unpaired) electrons. The van der Waals surface area contributed by atoms with Gasteiger partial charge in [0.25, 0.3) is 0 Å².